The number of ketones is 1. The van der Waals surface area contributed by atoms with E-state index in [-0.39, 0.29) is 34.8 Å². The van der Waals surface area contributed by atoms with Crippen molar-refractivity contribution in [3.05, 3.63) is 41.8 Å². The maximum Gasteiger partial charge on any atom is 0.301 e. The van der Waals surface area contributed by atoms with Crippen LogP contribution in [0.25, 0.3) is 0 Å². The number of sulfone groups is 1. The van der Waals surface area contributed by atoms with Crippen molar-refractivity contribution in [2.45, 2.75) is 73.3 Å². The summed E-state index contributed by atoms with van der Waals surface area (Å²) in [6.45, 7) is 0. The zero-order chi connectivity index (χ0) is 21.6. The molecule has 0 aliphatic heterocycles. The van der Waals surface area contributed by atoms with Gasteiger partial charge in [0.25, 0.3) is 0 Å². The average Bonchev–Trinajstić information content (AvgIpc) is 3.67. The first-order chi connectivity index (χ1) is 14.9. The summed E-state index contributed by atoms with van der Waals surface area (Å²) in [5.74, 6) is -0.125. The van der Waals surface area contributed by atoms with Crippen molar-refractivity contribution in [2.75, 3.05) is 5.32 Å². The first kappa shape index (κ1) is 20.4. The number of nitrogens with one attached hydrogen (secondary N) is 1. The van der Waals surface area contributed by atoms with Gasteiger partial charge in [-0.2, -0.15) is 0 Å². The van der Waals surface area contributed by atoms with Crippen molar-refractivity contribution < 1.29 is 22.4 Å². The molecule has 0 saturated heterocycles. The summed E-state index contributed by atoms with van der Waals surface area (Å²) in [4.78, 5) is 29.4. The number of Topliss-reactive ketones (excluding diaryl/α,β-unsaturated/α-hetero) is 1. The van der Waals surface area contributed by atoms with Gasteiger partial charge in [0.15, 0.2) is 9.84 Å². The highest BCUT2D eigenvalue weighted by Gasteiger charge is 2.41. The normalized spacial score (nSPS) is 22.5. The molecule has 0 bridgehead atoms. The standard InChI is InChI=1S/C23H26N2O5S/c26-17-5-1-14(11-17)12-20(22(27)25-23-24-9-10-30-23)16-4-8-21(19(13-16)15-2-3-15)31(28,29)18-6-7-18/h4,8-10,13-15,18,20H,1-3,5-7,11-12H2,(H,24,25,27)/t14-,20+/m0/s1. The quantitative estimate of drug-likeness (QED) is 0.663. The Morgan fingerprint density at radius 1 is 1.19 bits per heavy atom. The minimum absolute atomic E-state index is 0.132. The van der Waals surface area contributed by atoms with Gasteiger partial charge in [-0.15, -0.1) is 0 Å². The van der Waals surface area contributed by atoms with Gasteiger partial charge in [0.1, 0.15) is 12.0 Å². The number of carbonyl (C=O) groups is 2. The molecule has 1 N–H and O–H groups in total. The number of amides is 1. The summed E-state index contributed by atoms with van der Waals surface area (Å²) >= 11 is 0. The summed E-state index contributed by atoms with van der Waals surface area (Å²) < 4.78 is 31.1. The summed E-state index contributed by atoms with van der Waals surface area (Å²) in [6.07, 6.45) is 8.63. The van der Waals surface area contributed by atoms with Crippen molar-refractivity contribution >= 4 is 27.5 Å². The lowest BCUT2D eigenvalue weighted by Gasteiger charge is -2.21. The van der Waals surface area contributed by atoms with Gasteiger partial charge >= 0.3 is 6.01 Å². The number of hydrogen-bond acceptors (Lipinski definition) is 6. The number of carbonyl (C=O) groups excluding carboxylic acids is 2. The van der Waals surface area contributed by atoms with Crippen LogP contribution in [0.15, 0.2) is 40.0 Å². The lowest BCUT2D eigenvalue weighted by molar-refractivity contribution is -0.119. The van der Waals surface area contributed by atoms with E-state index in [2.05, 4.69) is 10.3 Å². The molecule has 3 saturated carbocycles. The van der Waals surface area contributed by atoms with Gasteiger partial charge in [-0.1, -0.05) is 12.1 Å². The van der Waals surface area contributed by atoms with E-state index in [1.807, 2.05) is 6.07 Å². The molecule has 0 spiro atoms. The highest BCUT2D eigenvalue weighted by molar-refractivity contribution is 7.92. The van der Waals surface area contributed by atoms with Crippen molar-refractivity contribution in [3.8, 4) is 0 Å². The summed E-state index contributed by atoms with van der Waals surface area (Å²) in [5, 5.41) is 2.46. The molecule has 3 aliphatic rings. The van der Waals surface area contributed by atoms with Crippen molar-refractivity contribution in [2.24, 2.45) is 5.92 Å². The van der Waals surface area contributed by atoms with Crippen LogP contribution in [-0.2, 0) is 19.4 Å². The van der Waals surface area contributed by atoms with Gasteiger partial charge in [-0.3, -0.25) is 14.9 Å². The molecule has 7 nitrogen and oxygen atoms in total. The molecule has 8 heteroatoms. The first-order valence-corrected chi connectivity index (χ1v) is 12.6. The van der Waals surface area contributed by atoms with E-state index in [0.717, 1.165) is 43.2 Å². The van der Waals surface area contributed by atoms with Gasteiger partial charge < -0.3 is 4.42 Å². The highest BCUT2D eigenvalue weighted by atomic mass is 32.2. The number of anilines is 1. The van der Waals surface area contributed by atoms with E-state index in [4.69, 9.17) is 4.42 Å². The second-order valence-electron chi connectivity index (χ2n) is 9.08. The zero-order valence-electron chi connectivity index (χ0n) is 17.2. The van der Waals surface area contributed by atoms with Crippen LogP contribution in [0.5, 0.6) is 0 Å². The zero-order valence-corrected chi connectivity index (χ0v) is 18.1. The Morgan fingerprint density at radius 2 is 2.00 bits per heavy atom. The van der Waals surface area contributed by atoms with E-state index >= 15 is 0 Å². The van der Waals surface area contributed by atoms with Crippen LogP contribution in [0.4, 0.5) is 6.01 Å². The molecule has 5 rings (SSSR count). The van der Waals surface area contributed by atoms with E-state index in [1.54, 1.807) is 12.1 Å². The number of nitrogens with zero attached hydrogens (tertiary/aromatic N) is 1. The summed E-state index contributed by atoms with van der Waals surface area (Å²) in [5.41, 5.74) is 1.64. The Bertz CT molecular complexity index is 1100. The van der Waals surface area contributed by atoms with Crippen LogP contribution < -0.4 is 5.32 Å². The predicted molar refractivity (Wildman–Crippen MR) is 113 cm³/mol. The largest absolute Gasteiger partial charge is 0.432 e. The molecule has 1 heterocycles. The summed E-state index contributed by atoms with van der Waals surface area (Å²) in [6, 6.07) is 5.52. The van der Waals surface area contributed by atoms with E-state index in [9.17, 15) is 18.0 Å². The van der Waals surface area contributed by atoms with E-state index < -0.39 is 15.8 Å². The Kier molecular flexibility index (Phi) is 5.20. The van der Waals surface area contributed by atoms with Crippen molar-refractivity contribution in [1.29, 1.82) is 0 Å². The third-order valence-corrected chi connectivity index (χ3v) is 8.95. The Balaban J connectivity index is 1.48. The van der Waals surface area contributed by atoms with Crippen LogP contribution in [0.2, 0.25) is 0 Å². The van der Waals surface area contributed by atoms with Crippen LogP contribution in [0.3, 0.4) is 0 Å². The van der Waals surface area contributed by atoms with Gasteiger partial charge in [-0.05, 0) is 67.6 Å². The lowest BCUT2D eigenvalue weighted by atomic mass is 9.86. The number of oxazole rings is 1. The predicted octanol–water partition coefficient (Wildman–Crippen LogP) is 3.97. The van der Waals surface area contributed by atoms with E-state index in [1.165, 1.54) is 12.5 Å². The summed E-state index contributed by atoms with van der Waals surface area (Å²) in [7, 11) is -3.31. The minimum Gasteiger partial charge on any atom is -0.432 e. The van der Waals surface area contributed by atoms with E-state index in [0.29, 0.717) is 24.2 Å². The second kappa shape index (κ2) is 7.89. The lowest BCUT2D eigenvalue weighted by Crippen LogP contribution is -2.24. The van der Waals surface area contributed by atoms with Gasteiger partial charge in [0.2, 0.25) is 5.91 Å². The van der Waals surface area contributed by atoms with Crippen LogP contribution >= 0.6 is 0 Å². The minimum atomic E-state index is -3.31. The fourth-order valence-electron chi connectivity index (χ4n) is 4.61. The molecule has 3 aliphatic carbocycles. The number of benzene rings is 1. The molecule has 0 radical (unpaired) electrons. The second-order valence-corrected chi connectivity index (χ2v) is 11.3. The Morgan fingerprint density at radius 3 is 2.61 bits per heavy atom. The molecule has 3 fully saturated rings. The molecule has 0 unspecified atom stereocenters. The van der Waals surface area contributed by atoms with Crippen LogP contribution in [-0.4, -0.2) is 30.3 Å². The van der Waals surface area contributed by atoms with Crippen LogP contribution in [0.1, 0.15) is 74.3 Å². The van der Waals surface area contributed by atoms with Crippen molar-refractivity contribution in [3.63, 3.8) is 0 Å². The smallest absolute Gasteiger partial charge is 0.301 e. The third-order valence-electron chi connectivity index (χ3n) is 6.62. The molecule has 2 aromatic rings. The molecular weight excluding hydrogens is 416 g/mol. The SMILES string of the molecule is O=C1CC[C@H](C[C@@H](C(=O)Nc2ncco2)c2ccc(S(=O)(=O)C3CC3)c(C3CC3)c2)C1. The number of aromatic nitrogens is 1. The third kappa shape index (κ3) is 4.31. The molecule has 1 aromatic carbocycles. The molecule has 164 valence electrons. The number of hydrogen-bond donors (Lipinski definition) is 1. The maximum atomic E-state index is 13.2. The molecule has 1 aromatic heterocycles. The molecule has 31 heavy (non-hydrogen) atoms. The van der Waals surface area contributed by atoms with Crippen molar-refractivity contribution in [1.82, 2.24) is 4.98 Å². The van der Waals surface area contributed by atoms with Crippen LogP contribution in [0, 0.1) is 5.92 Å². The fourth-order valence-corrected chi connectivity index (χ4v) is 6.54. The van der Waals surface area contributed by atoms with Gasteiger partial charge in [-0.25, -0.2) is 13.4 Å². The maximum absolute atomic E-state index is 13.2. The monoisotopic (exact) mass is 442 g/mol. The Labute approximate surface area is 181 Å². The topological polar surface area (TPSA) is 106 Å². The highest BCUT2D eigenvalue weighted by Crippen LogP contribution is 2.47. The molecule has 1 amide bonds. The fraction of sp³-hybridized carbons (Fsp3) is 0.522. The number of rotatable bonds is 8. The Hall–Kier alpha value is -2.48. The van der Waals surface area contributed by atoms with Gasteiger partial charge in [0.05, 0.1) is 22.3 Å². The molecule has 2 atom stereocenters. The average molecular weight is 443 g/mol. The van der Waals surface area contributed by atoms with Gasteiger partial charge in [0, 0.05) is 12.8 Å². The molecular formula is C23H26N2O5S. The first-order valence-electron chi connectivity index (χ1n) is 11.0.